The summed E-state index contributed by atoms with van der Waals surface area (Å²) >= 11 is 0. The highest BCUT2D eigenvalue weighted by molar-refractivity contribution is 4.88. The molecule has 0 aliphatic rings. The van der Waals surface area contributed by atoms with Crippen LogP contribution < -0.4 is 0 Å². The van der Waals surface area contributed by atoms with Gasteiger partial charge in [0.25, 0.3) is 0 Å². The van der Waals surface area contributed by atoms with Gasteiger partial charge < -0.3 is 0 Å². The lowest BCUT2D eigenvalue weighted by Crippen LogP contribution is -1.58. The van der Waals surface area contributed by atoms with E-state index < -0.39 is 0 Å². The maximum absolute atomic E-state index is 3.78. The molecule has 1 aromatic heterocycles. The molecule has 30 valence electrons. The van der Waals surface area contributed by atoms with Crippen molar-refractivity contribution < 1.29 is 0 Å². The molecule has 0 amide bonds. The third-order valence-corrected chi connectivity index (χ3v) is 0.566. The second kappa shape index (κ2) is 1.55. The fourth-order valence-corrected chi connectivity index (χ4v) is 0.313. The smallest absolute Gasteiger partial charge is 0.0267 e. The van der Waals surface area contributed by atoms with Gasteiger partial charge in [-0.05, 0) is 12.1 Å². The van der Waals surface area contributed by atoms with E-state index in [1.54, 1.807) is 12.4 Å². The predicted molar refractivity (Wildman–Crippen MR) is 24.2 cm³/mol. The normalized spacial score (nSPS) is 8.00. The monoisotopic (exact) mass is 80.0 g/mol. The summed E-state index contributed by atoms with van der Waals surface area (Å²) < 4.78 is 0. The summed E-state index contributed by atoms with van der Waals surface area (Å²) in [5.74, 6) is 0. The van der Waals surface area contributed by atoms with E-state index in [0.717, 1.165) is 0 Å². The molecule has 0 saturated carbocycles. The highest BCUT2D eigenvalue weighted by Gasteiger charge is 1.58. The number of hydrogen-bond donors (Lipinski definition) is 0. The van der Waals surface area contributed by atoms with Crippen LogP contribution in [0.15, 0.2) is 30.6 Å². The fraction of sp³-hybridized carbons (Fsp3) is 0. The van der Waals surface area contributed by atoms with Crippen molar-refractivity contribution in [2.75, 3.05) is 0 Å². The lowest BCUT2D eigenvalue weighted by Gasteiger charge is -1.70. The molecule has 1 nitrogen and oxygen atoms in total. The zero-order valence-corrected chi connectivity index (χ0v) is 3.33. The van der Waals surface area contributed by atoms with Crippen molar-refractivity contribution >= 4 is 0 Å². The molecule has 0 atom stereocenters. The highest BCUT2D eigenvalue weighted by atomic mass is 14.7. The minimum Gasteiger partial charge on any atom is -0.265 e. The second-order valence-electron chi connectivity index (χ2n) is 1.02. The van der Waals surface area contributed by atoms with Crippen molar-refractivity contribution in [2.45, 2.75) is 0 Å². The Morgan fingerprint density at radius 3 is 1.67 bits per heavy atom. The Bertz CT molecular complexity index is 75.9. The van der Waals surface area contributed by atoms with Crippen LogP contribution in [0.1, 0.15) is 0 Å². The Morgan fingerprint density at radius 2 is 1.50 bits per heavy atom. The Labute approximate surface area is 36.7 Å². The van der Waals surface area contributed by atoms with Crippen molar-refractivity contribution in [3.8, 4) is 0 Å². The summed E-state index contributed by atoms with van der Waals surface area (Å²) in [5, 5.41) is 0. The van der Waals surface area contributed by atoms with Crippen LogP contribution in [0.5, 0.6) is 0 Å². The van der Waals surface area contributed by atoms with Gasteiger partial charge in [-0.15, -0.1) is 0 Å². The average molecular weight is 80.1 g/mol. The van der Waals surface area contributed by atoms with E-state index >= 15 is 0 Å². The van der Waals surface area contributed by atoms with Crippen LogP contribution >= 0.6 is 0 Å². The molecule has 0 fully saturated rings. The number of hydrogen-bond acceptors (Lipinski definition) is 1. The lowest BCUT2D eigenvalue weighted by molar-refractivity contribution is 1.33. The van der Waals surface area contributed by atoms with Crippen molar-refractivity contribution in [1.82, 2.24) is 4.98 Å². The number of nitrogens with zero attached hydrogens (tertiary/aromatic N) is 1. The molecule has 0 unspecified atom stereocenters. The Kier molecular flexibility index (Phi) is 0.865. The van der Waals surface area contributed by atoms with Gasteiger partial charge >= 0.3 is 0 Å². The van der Waals surface area contributed by atoms with E-state index in [0.29, 0.717) is 0 Å². The van der Waals surface area contributed by atoms with Gasteiger partial charge in [0.05, 0.1) is 0 Å². The molecule has 0 aromatic carbocycles. The molecule has 1 heteroatoms. The first-order valence-electron chi connectivity index (χ1n) is 1.85. The molecule has 0 aliphatic carbocycles. The zero-order valence-electron chi connectivity index (χ0n) is 3.33. The SMILES string of the molecule is c1ccn[13cH]c1. The van der Waals surface area contributed by atoms with Gasteiger partial charge in [-0.25, -0.2) is 0 Å². The van der Waals surface area contributed by atoms with Gasteiger partial charge in [0.15, 0.2) is 0 Å². The Hall–Kier alpha value is -0.850. The van der Waals surface area contributed by atoms with Crippen molar-refractivity contribution in [3.05, 3.63) is 30.6 Å². The Balaban J connectivity index is 3.00. The maximum atomic E-state index is 3.78. The Morgan fingerprint density at radius 1 is 0.833 bits per heavy atom. The first-order valence-corrected chi connectivity index (χ1v) is 1.85. The summed E-state index contributed by atoms with van der Waals surface area (Å²) in [6.07, 6.45) is 3.50. The molecule has 1 aromatic rings. The highest BCUT2D eigenvalue weighted by Crippen LogP contribution is 1.73. The van der Waals surface area contributed by atoms with Crippen LogP contribution in [0.25, 0.3) is 0 Å². The third kappa shape index (κ3) is 0.549. The number of rotatable bonds is 0. The molecule has 1 heterocycles. The summed E-state index contributed by atoms with van der Waals surface area (Å²) in [6, 6.07) is 5.72. The van der Waals surface area contributed by atoms with Crippen LogP contribution in [0, 0.1) is 0 Å². The van der Waals surface area contributed by atoms with Crippen molar-refractivity contribution in [2.24, 2.45) is 0 Å². The summed E-state index contributed by atoms with van der Waals surface area (Å²) in [7, 11) is 0. The predicted octanol–water partition coefficient (Wildman–Crippen LogP) is 1.08. The first-order chi connectivity index (χ1) is 3.00. The molecule has 6 heavy (non-hydrogen) atoms. The minimum atomic E-state index is 1.75. The number of pyridine rings is 1. The van der Waals surface area contributed by atoms with E-state index in [4.69, 9.17) is 0 Å². The largest absolute Gasteiger partial charge is 0.265 e. The van der Waals surface area contributed by atoms with Gasteiger partial charge in [0.1, 0.15) is 0 Å². The molecule has 0 bridgehead atoms. The van der Waals surface area contributed by atoms with Crippen molar-refractivity contribution in [3.63, 3.8) is 0 Å². The molecule has 0 saturated heterocycles. The van der Waals surface area contributed by atoms with Crippen LogP contribution in [0.3, 0.4) is 0 Å². The van der Waals surface area contributed by atoms with Gasteiger partial charge in [-0.3, -0.25) is 4.98 Å². The van der Waals surface area contributed by atoms with E-state index in [2.05, 4.69) is 4.98 Å². The van der Waals surface area contributed by atoms with E-state index in [1.165, 1.54) is 0 Å². The molecular weight excluding hydrogens is 75.1 g/mol. The average Bonchev–Trinajstić information content (AvgIpc) is 1.72. The van der Waals surface area contributed by atoms with Crippen molar-refractivity contribution in [1.29, 1.82) is 0 Å². The maximum Gasteiger partial charge on any atom is 0.0267 e. The quantitative estimate of drug-likeness (QED) is 0.454. The minimum absolute atomic E-state index is 1.75. The summed E-state index contributed by atoms with van der Waals surface area (Å²) in [4.78, 5) is 3.78. The van der Waals surface area contributed by atoms with Crippen LogP contribution in [0.4, 0.5) is 0 Å². The van der Waals surface area contributed by atoms with Crippen LogP contribution in [0.2, 0.25) is 0 Å². The molecule has 0 spiro atoms. The molecule has 0 N–H and O–H groups in total. The topological polar surface area (TPSA) is 12.9 Å². The molecule has 0 radical (unpaired) electrons. The lowest BCUT2D eigenvalue weighted by atomic mass is 10.6. The summed E-state index contributed by atoms with van der Waals surface area (Å²) in [5.41, 5.74) is 0. The molecule has 0 aliphatic heterocycles. The van der Waals surface area contributed by atoms with Crippen LogP contribution in [-0.4, -0.2) is 4.98 Å². The second-order valence-corrected chi connectivity index (χ2v) is 1.02. The van der Waals surface area contributed by atoms with E-state index in [9.17, 15) is 0 Å². The van der Waals surface area contributed by atoms with Gasteiger partial charge in [-0.1, -0.05) is 6.07 Å². The number of aromatic nitrogens is 1. The molecule has 1 rings (SSSR count). The first kappa shape index (κ1) is 3.34. The molecular formula is C5H5N. The van der Waals surface area contributed by atoms with Crippen LogP contribution in [-0.2, 0) is 0 Å². The summed E-state index contributed by atoms with van der Waals surface area (Å²) in [6.45, 7) is 0. The van der Waals surface area contributed by atoms with Gasteiger partial charge in [0.2, 0.25) is 0 Å². The fourth-order valence-electron chi connectivity index (χ4n) is 0.313. The van der Waals surface area contributed by atoms with Gasteiger partial charge in [-0.2, -0.15) is 0 Å². The standard InChI is InChI=1S/C5H5N/c1-2-4-6-5-3-1/h1-5H/i4+1. The van der Waals surface area contributed by atoms with E-state index in [-0.39, 0.29) is 0 Å². The zero-order chi connectivity index (χ0) is 4.24. The van der Waals surface area contributed by atoms with E-state index in [1.807, 2.05) is 18.2 Å². The third-order valence-electron chi connectivity index (χ3n) is 0.566. The van der Waals surface area contributed by atoms with Gasteiger partial charge in [0, 0.05) is 12.4 Å².